The fourth-order valence-electron chi connectivity index (χ4n) is 4.73. The van der Waals surface area contributed by atoms with E-state index in [2.05, 4.69) is 34.1 Å². The van der Waals surface area contributed by atoms with Crippen LogP contribution in [0, 0.1) is 5.92 Å². The summed E-state index contributed by atoms with van der Waals surface area (Å²) in [4.78, 5) is 22.2. The van der Waals surface area contributed by atoms with E-state index in [1.807, 2.05) is 41.3 Å². The number of piperidine rings is 1. The zero-order valence-corrected chi connectivity index (χ0v) is 18.3. The number of rotatable bonds is 4. The van der Waals surface area contributed by atoms with Crippen LogP contribution >= 0.6 is 11.6 Å². The van der Waals surface area contributed by atoms with Crippen LogP contribution in [-0.4, -0.2) is 40.1 Å². The first-order chi connectivity index (χ1) is 15.1. The van der Waals surface area contributed by atoms with Crippen LogP contribution < -0.4 is 4.90 Å². The first-order valence-corrected chi connectivity index (χ1v) is 11.2. The van der Waals surface area contributed by atoms with Crippen LogP contribution in [0.2, 0.25) is 5.02 Å². The number of likely N-dealkylation sites (tertiary alicyclic amines) is 1. The molecule has 0 saturated carbocycles. The highest BCUT2D eigenvalue weighted by molar-refractivity contribution is 6.30. The third kappa shape index (κ3) is 4.10. The molecule has 2 aliphatic heterocycles. The van der Waals surface area contributed by atoms with Crippen molar-refractivity contribution < 1.29 is 9.32 Å². The molecule has 3 aromatic rings. The molecule has 2 atom stereocenters. The SMILES string of the molecule is CC1Cc2ccccc2N1C(=O)C1CCCN(Cc2nc(-c3ccc(Cl)cc3)no2)C1. The van der Waals surface area contributed by atoms with Crippen LogP contribution in [0.25, 0.3) is 11.4 Å². The van der Waals surface area contributed by atoms with Crippen molar-refractivity contribution >= 4 is 23.2 Å². The Morgan fingerprint density at radius 3 is 2.84 bits per heavy atom. The molecule has 0 aliphatic carbocycles. The summed E-state index contributed by atoms with van der Waals surface area (Å²) in [6, 6.07) is 15.8. The Kier molecular flexibility index (Phi) is 5.50. The lowest BCUT2D eigenvalue weighted by Gasteiger charge is -2.34. The normalized spacial score (nSPS) is 21.3. The standard InChI is InChI=1S/C24H25ClN4O2/c1-16-13-18-5-2-3-7-21(18)29(16)24(30)19-6-4-12-28(14-19)15-22-26-23(27-31-22)17-8-10-20(25)11-9-17/h2-3,5,7-11,16,19H,4,6,12-15H2,1H3. The van der Waals surface area contributed by atoms with Gasteiger partial charge in [0.25, 0.3) is 0 Å². The quantitative estimate of drug-likeness (QED) is 0.599. The Hall–Kier alpha value is -2.70. The van der Waals surface area contributed by atoms with Crippen molar-refractivity contribution in [3.05, 3.63) is 65.0 Å². The third-order valence-corrected chi connectivity index (χ3v) is 6.48. The van der Waals surface area contributed by atoms with E-state index in [0.717, 1.165) is 37.1 Å². The lowest BCUT2D eigenvalue weighted by molar-refractivity contribution is -0.124. The molecule has 1 saturated heterocycles. The van der Waals surface area contributed by atoms with Gasteiger partial charge in [0, 0.05) is 28.9 Å². The molecule has 1 amide bonds. The Morgan fingerprint density at radius 1 is 1.19 bits per heavy atom. The molecule has 31 heavy (non-hydrogen) atoms. The predicted molar refractivity (Wildman–Crippen MR) is 120 cm³/mol. The average molecular weight is 437 g/mol. The summed E-state index contributed by atoms with van der Waals surface area (Å²) >= 11 is 5.95. The van der Waals surface area contributed by atoms with Crippen LogP contribution in [-0.2, 0) is 17.8 Å². The number of anilines is 1. The van der Waals surface area contributed by atoms with E-state index in [4.69, 9.17) is 16.1 Å². The van der Waals surface area contributed by atoms with Crippen LogP contribution in [0.15, 0.2) is 53.1 Å². The topological polar surface area (TPSA) is 62.5 Å². The van der Waals surface area contributed by atoms with Gasteiger partial charge in [-0.3, -0.25) is 9.69 Å². The van der Waals surface area contributed by atoms with E-state index in [0.29, 0.717) is 29.8 Å². The number of nitrogens with zero attached hydrogens (tertiary/aromatic N) is 4. The smallest absolute Gasteiger partial charge is 0.241 e. The van der Waals surface area contributed by atoms with Gasteiger partial charge in [-0.2, -0.15) is 4.98 Å². The molecule has 1 aromatic heterocycles. The summed E-state index contributed by atoms with van der Waals surface area (Å²) in [5.41, 5.74) is 3.20. The maximum Gasteiger partial charge on any atom is 0.241 e. The van der Waals surface area contributed by atoms with Crippen molar-refractivity contribution in [2.24, 2.45) is 5.92 Å². The number of hydrogen-bond donors (Lipinski definition) is 0. The molecule has 2 unspecified atom stereocenters. The van der Waals surface area contributed by atoms with Gasteiger partial charge in [-0.05, 0) is 68.6 Å². The molecule has 5 rings (SSSR count). The van der Waals surface area contributed by atoms with Crippen molar-refractivity contribution in [2.45, 2.75) is 38.8 Å². The molecular formula is C24H25ClN4O2. The summed E-state index contributed by atoms with van der Waals surface area (Å²) in [5, 5.41) is 4.78. The summed E-state index contributed by atoms with van der Waals surface area (Å²) in [6.07, 6.45) is 2.83. The Balaban J connectivity index is 1.26. The van der Waals surface area contributed by atoms with E-state index in [1.54, 1.807) is 0 Å². The maximum absolute atomic E-state index is 13.4. The summed E-state index contributed by atoms with van der Waals surface area (Å²) in [5.74, 6) is 1.34. The second kappa shape index (κ2) is 8.44. The van der Waals surface area contributed by atoms with Crippen molar-refractivity contribution in [3.63, 3.8) is 0 Å². The van der Waals surface area contributed by atoms with Gasteiger partial charge in [0.05, 0.1) is 12.5 Å². The van der Waals surface area contributed by atoms with Crippen molar-refractivity contribution in [2.75, 3.05) is 18.0 Å². The van der Waals surface area contributed by atoms with Crippen molar-refractivity contribution in [1.29, 1.82) is 0 Å². The molecule has 2 aliphatic rings. The van der Waals surface area contributed by atoms with E-state index in [1.165, 1.54) is 5.56 Å². The summed E-state index contributed by atoms with van der Waals surface area (Å²) in [6.45, 7) is 4.32. The number of aromatic nitrogens is 2. The minimum Gasteiger partial charge on any atom is -0.338 e. The number of carbonyl (C=O) groups is 1. The van der Waals surface area contributed by atoms with Crippen molar-refractivity contribution in [1.82, 2.24) is 15.0 Å². The monoisotopic (exact) mass is 436 g/mol. The first kappa shape index (κ1) is 20.2. The molecule has 6 nitrogen and oxygen atoms in total. The van der Waals surface area contributed by atoms with E-state index >= 15 is 0 Å². The van der Waals surface area contributed by atoms with Gasteiger partial charge in [-0.15, -0.1) is 0 Å². The fraction of sp³-hybridized carbons (Fsp3) is 0.375. The van der Waals surface area contributed by atoms with Crippen molar-refractivity contribution in [3.8, 4) is 11.4 Å². The van der Waals surface area contributed by atoms with E-state index < -0.39 is 0 Å². The Morgan fingerprint density at radius 2 is 2.00 bits per heavy atom. The number of hydrogen-bond acceptors (Lipinski definition) is 5. The highest BCUT2D eigenvalue weighted by Crippen LogP contribution is 2.34. The number of para-hydroxylation sites is 1. The van der Waals surface area contributed by atoms with E-state index in [9.17, 15) is 4.79 Å². The molecule has 3 heterocycles. The minimum atomic E-state index is -0.0130. The molecule has 0 radical (unpaired) electrons. The van der Waals surface area contributed by atoms with Gasteiger partial charge in [-0.1, -0.05) is 35.0 Å². The Labute approximate surface area is 186 Å². The second-order valence-corrected chi connectivity index (χ2v) is 8.92. The number of halogens is 1. The molecule has 2 aromatic carbocycles. The van der Waals surface area contributed by atoms with Gasteiger partial charge in [0.1, 0.15) is 0 Å². The van der Waals surface area contributed by atoms with Gasteiger partial charge in [0.2, 0.25) is 17.6 Å². The van der Waals surface area contributed by atoms with E-state index in [-0.39, 0.29) is 17.9 Å². The van der Waals surface area contributed by atoms with Crippen LogP contribution in [0.4, 0.5) is 5.69 Å². The molecular weight excluding hydrogens is 412 g/mol. The zero-order chi connectivity index (χ0) is 21.4. The average Bonchev–Trinajstić information content (AvgIpc) is 3.37. The molecule has 7 heteroatoms. The molecule has 160 valence electrons. The highest BCUT2D eigenvalue weighted by atomic mass is 35.5. The van der Waals surface area contributed by atoms with Crippen LogP contribution in [0.3, 0.4) is 0 Å². The molecule has 0 N–H and O–H groups in total. The Bertz CT molecular complexity index is 1080. The molecule has 0 spiro atoms. The van der Waals surface area contributed by atoms with Crippen LogP contribution in [0.1, 0.15) is 31.2 Å². The van der Waals surface area contributed by atoms with Crippen LogP contribution in [0.5, 0.6) is 0 Å². The summed E-state index contributed by atoms with van der Waals surface area (Å²) in [7, 11) is 0. The number of benzene rings is 2. The zero-order valence-electron chi connectivity index (χ0n) is 17.5. The first-order valence-electron chi connectivity index (χ1n) is 10.8. The van der Waals surface area contributed by atoms with Gasteiger partial charge >= 0.3 is 0 Å². The fourth-order valence-corrected chi connectivity index (χ4v) is 4.85. The lowest BCUT2D eigenvalue weighted by Crippen LogP contribution is -2.46. The summed E-state index contributed by atoms with van der Waals surface area (Å²) < 4.78 is 5.48. The maximum atomic E-state index is 13.4. The lowest BCUT2D eigenvalue weighted by atomic mass is 9.96. The highest BCUT2D eigenvalue weighted by Gasteiger charge is 2.36. The number of fused-ring (bicyclic) bond motifs is 1. The van der Waals surface area contributed by atoms with Gasteiger partial charge < -0.3 is 9.42 Å². The van der Waals surface area contributed by atoms with Gasteiger partial charge in [0.15, 0.2) is 0 Å². The largest absolute Gasteiger partial charge is 0.338 e. The molecule has 1 fully saturated rings. The number of carbonyl (C=O) groups excluding carboxylic acids is 1. The second-order valence-electron chi connectivity index (χ2n) is 8.48. The van der Waals surface area contributed by atoms with Gasteiger partial charge in [-0.25, -0.2) is 0 Å². The predicted octanol–water partition coefficient (Wildman–Crippen LogP) is 4.58. The molecule has 0 bridgehead atoms. The minimum absolute atomic E-state index is 0.0130. The number of amides is 1. The third-order valence-electron chi connectivity index (χ3n) is 6.23.